The van der Waals surface area contributed by atoms with E-state index in [1.54, 1.807) is 55.6 Å². The van der Waals surface area contributed by atoms with Crippen LogP contribution in [0.4, 0.5) is 0 Å². The average molecular weight is 531 g/mol. The van der Waals surface area contributed by atoms with E-state index >= 15 is 0 Å². The molecule has 0 aliphatic heterocycles. The summed E-state index contributed by atoms with van der Waals surface area (Å²) in [4.78, 5) is 0.511. The van der Waals surface area contributed by atoms with Crippen LogP contribution in [-0.4, -0.2) is 15.5 Å². The van der Waals surface area contributed by atoms with Gasteiger partial charge in [-0.1, -0.05) is 66.2 Å². The van der Waals surface area contributed by atoms with Crippen LogP contribution in [0.25, 0.3) is 0 Å². The third-order valence-corrected chi connectivity index (χ3v) is 9.72. The van der Waals surface area contributed by atoms with Gasteiger partial charge in [-0.3, -0.25) is 0 Å². The first kappa shape index (κ1) is 23.7. The highest BCUT2D eigenvalue weighted by molar-refractivity contribution is 7.91. The maximum Gasteiger partial charge on any atom is 0.206 e. The van der Waals surface area contributed by atoms with Crippen LogP contribution in [0.3, 0.4) is 0 Å². The highest BCUT2D eigenvalue weighted by atomic mass is 32.2. The molecule has 4 nitrogen and oxygen atoms in total. The molecule has 0 unspecified atom stereocenters. The van der Waals surface area contributed by atoms with E-state index in [0.717, 1.165) is 28.2 Å². The van der Waals surface area contributed by atoms with E-state index in [1.165, 1.54) is 22.3 Å². The van der Waals surface area contributed by atoms with Crippen molar-refractivity contribution in [3.8, 4) is 17.2 Å². The third kappa shape index (κ3) is 3.61. The Morgan fingerprint density at radius 2 is 1.00 bits per heavy atom. The van der Waals surface area contributed by atoms with Crippen molar-refractivity contribution in [2.24, 2.45) is 0 Å². The fourth-order valence-corrected chi connectivity index (χ4v) is 7.42. The molecular formula is C34H26O4S. The van der Waals surface area contributed by atoms with Crippen LogP contribution >= 0.6 is 0 Å². The van der Waals surface area contributed by atoms with Crippen LogP contribution in [0.2, 0.25) is 0 Å². The Morgan fingerprint density at radius 1 is 0.564 bits per heavy atom. The van der Waals surface area contributed by atoms with Gasteiger partial charge in [-0.25, -0.2) is 8.42 Å². The Morgan fingerprint density at radius 3 is 1.49 bits per heavy atom. The number of ether oxygens (including phenoxy) is 2. The Kier molecular flexibility index (Phi) is 5.39. The molecule has 0 saturated heterocycles. The molecular weight excluding hydrogens is 504 g/mol. The molecule has 0 amide bonds. The van der Waals surface area contributed by atoms with Crippen molar-refractivity contribution >= 4 is 9.84 Å². The van der Waals surface area contributed by atoms with Crippen LogP contribution in [0.15, 0.2) is 119 Å². The number of sulfone groups is 1. The summed E-state index contributed by atoms with van der Waals surface area (Å²) in [7, 11) is -1.90. The zero-order chi connectivity index (χ0) is 26.7. The fraction of sp³-hybridized carbons (Fsp3) is 0.118. The second kappa shape index (κ2) is 8.85. The van der Waals surface area contributed by atoms with Gasteiger partial charge in [-0.15, -0.1) is 0 Å². The van der Waals surface area contributed by atoms with Crippen molar-refractivity contribution in [1.82, 2.24) is 0 Å². The lowest BCUT2D eigenvalue weighted by atomic mass is 9.60. The van der Waals surface area contributed by atoms with Crippen molar-refractivity contribution in [3.05, 3.63) is 148 Å². The molecule has 3 aliphatic rings. The molecule has 0 spiro atoms. The van der Waals surface area contributed by atoms with Crippen molar-refractivity contribution in [2.45, 2.75) is 28.6 Å². The SMILES string of the molecule is COc1ccc(Oc2ccc(S(=O)(=O)c3ccc(C)cc3)cc2)c2c1C1c3ccccc3C2c2ccccc21. The maximum absolute atomic E-state index is 13.1. The minimum absolute atomic E-state index is 0.0173. The zero-order valence-corrected chi connectivity index (χ0v) is 22.4. The number of methoxy groups -OCH3 is 1. The summed E-state index contributed by atoms with van der Waals surface area (Å²) in [6, 6.07) is 34.7. The second-order valence-corrected chi connectivity index (χ2v) is 12.1. The van der Waals surface area contributed by atoms with Gasteiger partial charge in [0.25, 0.3) is 0 Å². The fourth-order valence-electron chi connectivity index (χ4n) is 6.16. The molecule has 0 heterocycles. The number of hydrogen-bond donors (Lipinski definition) is 0. The van der Waals surface area contributed by atoms with Gasteiger partial charge in [-0.05, 0) is 77.7 Å². The largest absolute Gasteiger partial charge is 0.496 e. The lowest BCUT2D eigenvalue weighted by Crippen LogP contribution is -2.28. The van der Waals surface area contributed by atoms with Gasteiger partial charge in [-0.2, -0.15) is 0 Å². The highest BCUT2D eigenvalue weighted by Gasteiger charge is 2.44. The number of rotatable bonds is 5. The summed E-state index contributed by atoms with van der Waals surface area (Å²) in [6.45, 7) is 1.93. The normalized spacial score (nSPS) is 16.7. The zero-order valence-electron chi connectivity index (χ0n) is 21.6. The summed E-state index contributed by atoms with van der Waals surface area (Å²) in [6.07, 6.45) is 0. The molecule has 0 atom stereocenters. The monoisotopic (exact) mass is 530 g/mol. The molecule has 0 radical (unpaired) electrons. The van der Waals surface area contributed by atoms with Crippen LogP contribution in [0.5, 0.6) is 17.2 Å². The third-order valence-electron chi connectivity index (χ3n) is 7.93. The van der Waals surface area contributed by atoms with Crippen molar-refractivity contribution in [1.29, 1.82) is 0 Å². The Balaban J connectivity index is 1.31. The van der Waals surface area contributed by atoms with Gasteiger partial charge in [0.2, 0.25) is 9.84 Å². The van der Waals surface area contributed by atoms with E-state index in [9.17, 15) is 8.42 Å². The highest BCUT2D eigenvalue weighted by Crippen LogP contribution is 2.60. The van der Waals surface area contributed by atoms with Gasteiger partial charge in [0.1, 0.15) is 17.2 Å². The van der Waals surface area contributed by atoms with E-state index in [-0.39, 0.29) is 21.6 Å². The number of hydrogen-bond acceptors (Lipinski definition) is 4. The lowest BCUT2D eigenvalue weighted by molar-refractivity contribution is 0.402. The van der Waals surface area contributed by atoms with E-state index in [4.69, 9.17) is 9.47 Å². The predicted molar refractivity (Wildman–Crippen MR) is 151 cm³/mol. The van der Waals surface area contributed by atoms with Gasteiger partial charge < -0.3 is 9.47 Å². The Bertz CT molecular complexity index is 1790. The van der Waals surface area contributed by atoms with Crippen molar-refractivity contribution in [3.63, 3.8) is 0 Å². The first-order valence-corrected chi connectivity index (χ1v) is 14.4. The van der Waals surface area contributed by atoms with Crippen LogP contribution < -0.4 is 9.47 Å². The topological polar surface area (TPSA) is 52.6 Å². The smallest absolute Gasteiger partial charge is 0.206 e. The van der Waals surface area contributed by atoms with E-state index in [1.807, 2.05) is 19.1 Å². The lowest BCUT2D eigenvalue weighted by Gasteiger charge is -2.43. The minimum atomic E-state index is -3.61. The molecule has 2 bridgehead atoms. The first-order valence-electron chi connectivity index (χ1n) is 13.0. The summed E-state index contributed by atoms with van der Waals surface area (Å²) >= 11 is 0. The quantitative estimate of drug-likeness (QED) is 0.230. The molecule has 5 heteroatoms. The number of benzene rings is 5. The molecule has 0 aromatic heterocycles. The Hall–Kier alpha value is -4.35. The minimum Gasteiger partial charge on any atom is -0.496 e. The molecule has 39 heavy (non-hydrogen) atoms. The number of aryl methyl sites for hydroxylation is 1. The molecule has 5 aromatic carbocycles. The molecule has 5 aromatic rings. The summed E-state index contributed by atoms with van der Waals surface area (Å²) in [5.41, 5.74) is 8.42. The van der Waals surface area contributed by atoms with Crippen molar-refractivity contribution in [2.75, 3.05) is 7.11 Å². The Labute approximate surface area is 228 Å². The molecule has 192 valence electrons. The first-order chi connectivity index (χ1) is 19.0. The van der Waals surface area contributed by atoms with Gasteiger partial charge >= 0.3 is 0 Å². The molecule has 0 N–H and O–H groups in total. The van der Waals surface area contributed by atoms with Crippen LogP contribution in [0.1, 0.15) is 50.8 Å². The van der Waals surface area contributed by atoms with Crippen LogP contribution in [0, 0.1) is 6.92 Å². The maximum atomic E-state index is 13.1. The standard InChI is InChI=1S/C34H26O4S/c1-21-11-15-23(16-12-21)39(35,36)24-17-13-22(14-18-24)38-30-20-19-29(37-2)33-31-25-7-3-5-9-27(25)32(34(30)33)28-10-6-4-8-26(28)31/h3-20,31-32H,1-2H3. The van der Waals surface area contributed by atoms with Crippen LogP contribution in [-0.2, 0) is 9.84 Å². The second-order valence-electron chi connectivity index (χ2n) is 10.1. The van der Waals surface area contributed by atoms with E-state index in [2.05, 4.69) is 48.5 Å². The van der Waals surface area contributed by atoms with Gasteiger partial charge in [0.15, 0.2) is 0 Å². The van der Waals surface area contributed by atoms with Gasteiger partial charge in [0.05, 0.1) is 16.9 Å². The average Bonchev–Trinajstić information content (AvgIpc) is 2.97. The van der Waals surface area contributed by atoms with Gasteiger partial charge in [0, 0.05) is 23.0 Å². The summed E-state index contributed by atoms with van der Waals surface area (Å²) < 4.78 is 38.7. The van der Waals surface area contributed by atoms with Crippen molar-refractivity contribution < 1.29 is 17.9 Å². The summed E-state index contributed by atoms with van der Waals surface area (Å²) in [5.74, 6) is 2.24. The van der Waals surface area contributed by atoms with E-state index in [0.29, 0.717) is 5.75 Å². The molecule has 3 aliphatic carbocycles. The molecule has 8 rings (SSSR count). The summed E-state index contributed by atoms with van der Waals surface area (Å²) in [5, 5.41) is 0. The van der Waals surface area contributed by atoms with E-state index < -0.39 is 9.84 Å². The molecule has 0 saturated carbocycles. The molecule has 0 fully saturated rings. The predicted octanol–water partition coefficient (Wildman–Crippen LogP) is 7.62.